The predicted molar refractivity (Wildman–Crippen MR) is 31.2 cm³/mol. The van der Waals surface area contributed by atoms with Crippen LogP contribution in [0.4, 0.5) is 0 Å². The van der Waals surface area contributed by atoms with Gasteiger partial charge in [-0.2, -0.15) is 0 Å². The van der Waals surface area contributed by atoms with Gasteiger partial charge in [0.05, 0.1) is 13.2 Å². The Morgan fingerprint density at radius 2 is 2.56 bits per heavy atom. The zero-order chi connectivity index (χ0) is 6.74. The van der Waals surface area contributed by atoms with Gasteiger partial charge in [0.15, 0.2) is 6.29 Å². The Bertz CT molecular complexity index is 105. The van der Waals surface area contributed by atoms with Gasteiger partial charge < -0.3 is 14.3 Å². The summed E-state index contributed by atoms with van der Waals surface area (Å²) >= 11 is 0. The van der Waals surface area contributed by atoms with E-state index in [1.165, 1.54) is 7.11 Å². The van der Waals surface area contributed by atoms with Crippen LogP contribution < -0.4 is 0 Å². The summed E-state index contributed by atoms with van der Waals surface area (Å²) in [7, 11) is 1.53. The third kappa shape index (κ3) is 1.11. The first kappa shape index (κ1) is 6.71. The number of rotatable bonds is 2. The Morgan fingerprint density at radius 1 is 1.78 bits per heavy atom. The summed E-state index contributed by atoms with van der Waals surface area (Å²) in [4.78, 5) is 10.4. The van der Waals surface area contributed by atoms with Crippen molar-refractivity contribution in [2.75, 3.05) is 20.3 Å². The highest BCUT2D eigenvalue weighted by Crippen LogP contribution is 2.18. The third-order valence-corrected chi connectivity index (χ3v) is 1.64. The summed E-state index contributed by atoms with van der Waals surface area (Å²) in [6.07, 6.45) is 1.51. The van der Waals surface area contributed by atoms with E-state index < -0.39 is 5.60 Å². The van der Waals surface area contributed by atoms with Crippen LogP contribution in [0.25, 0.3) is 0 Å². The fraction of sp³-hybridized carbons (Fsp3) is 0.833. The van der Waals surface area contributed by atoms with E-state index in [2.05, 4.69) is 0 Å². The molecule has 0 N–H and O–H groups in total. The molecular weight excluding hydrogens is 120 g/mol. The van der Waals surface area contributed by atoms with Crippen molar-refractivity contribution >= 4 is 6.29 Å². The van der Waals surface area contributed by atoms with Crippen LogP contribution in [0.2, 0.25) is 0 Å². The molecule has 0 aromatic carbocycles. The molecule has 0 saturated carbocycles. The maximum absolute atomic E-state index is 10.4. The summed E-state index contributed by atoms with van der Waals surface area (Å²) in [5, 5.41) is 0. The topological polar surface area (TPSA) is 35.5 Å². The van der Waals surface area contributed by atoms with E-state index in [-0.39, 0.29) is 0 Å². The number of hydrogen-bond donors (Lipinski definition) is 0. The summed E-state index contributed by atoms with van der Waals surface area (Å²) in [5.41, 5.74) is -0.625. The zero-order valence-electron chi connectivity index (χ0n) is 5.42. The van der Waals surface area contributed by atoms with Crippen LogP contribution in [0.3, 0.4) is 0 Å². The highest BCUT2D eigenvalue weighted by molar-refractivity contribution is 5.63. The number of methoxy groups -OCH3 is 1. The molecule has 1 heterocycles. The molecule has 0 radical (unpaired) electrons. The third-order valence-electron chi connectivity index (χ3n) is 1.64. The van der Waals surface area contributed by atoms with Crippen molar-refractivity contribution < 1.29 is 14.3 Å². The van der Waals surface area contributed by atoms with E-state index in [1.54, 1.807) is 0 Å². The summed E-state index contributed by atoms with van der Waals surface area (Å²) < 4.78 is 9.94. The normalized spacial score (nSPS) is 34.8. The van der Waals surface area contributed by atoms with Crippen molar-refractivity contribution in [3.63, 3.8) is 0 Å². The first-order valence-electron chi connectivity index (χ1n) is 2.92. The van der Waals surface area contributed by atoms with E-state index in [0.717, 1.165) is 6.29 Å². The van der Waals surface area contributed by atoms with E-state index >= 15 is 0 Å². The minimum atomic E-state index is -0.625. The van der Waals surface area contributed by atoms with Gasteiger partial charge in [0, 0.05) is 13.5 Å². The number of carbonyl (C=O) groups is 1. The Hall–Kier alpha value is -0.410. The quantitative estimate of drug-likeness (QED) is 0.493. The summed E-state index contributed by atoms with van der Waals surface area (Å²) in [6.45, 7) is 1.04. The lowest BCUT2D eigenvalue weighted by atomic mass is 10.1. The molecule has 1 rings (SSSR count). The van der Waals surface area contributed by atoms with Gasteiger partial charge in [0.25, 0.3) is 0 Å². The van der Waals surface area contributed by atoms with Gasteiger partial charge >= 0.3 is 0 Å². The van der Waals surface area contributed by atoms with Crippen LogP contribution in [0, 0.1) is 0 Å². The molecule has 0 bridgehead atoms. The maximum Gasteiger partial charge on any atom is 0.154 e. The number of ether oxygens (including phenoxy) is 2. The van der Waals surface area contributed by atoms with Gasteiger partial charge in [-0.15, -0.1) is 0 Å². The molecule has 0 unspecified atom stereocenters. The number of aldehydes is 1. The molecule has 1 atom stereocenters. The van der Waals surface area contributed by atoms with Crippen molar-refractivity contribution in [3.8, 4) is 0 Å². The molecule has 3 nitrogen and oxygen atoms in total. The van der Waals surface area contributed by atoms with Crippen LogP contribution in [0.15, 0.2) is 0 Å². The Morgan fingerprint density at radius 3 is 2.78 bits per heavy atom. The van der Waals surface area contributed by atoms with Crippen LogP contribution in [-0.2, 0) is 14.3 Å². The standard InChI is InChI=1S/C6H10O3/c1-8-6(4-7)2-3-9-5-6/h4H,2-3,5H2,1H3/t6-/m0/s1. The second-order valence-electron chi connectivity index (χ2n) is 2.19. The SMILES string of the molecule is CO[C@]1(C=O)CCOC1. The van der Waals surface area contributed by atoms with Crippen LogP contribution in [0.1, 0.15) is 6.42 Å². The average molecular weight is 130 g/mol. The minimum Gasteiger partial charge on any atom is -0.378 e. The highest BCUT2D eigenvalue weighted by Gasteiger charge is 2.34. The smallest absolute Gasteiger partial charge is 0.154 e. The lowest BCUT2D eigenvalue weighted by Crippen LogP contribution is -2.33. The van der Waals surface area contributed by atoms with Gasteiger partial charge in [-0.25, -0.2) is 0 Å². The van der Waals surface area contributed by atoms with Crippen molar-refractivity contribution in [1.82, 2.24) is 0 Å². The Labute approximate surface area is 53.9 Å². The molecule has 0 aromatic rings. The van der Waals surface area contributed by atoms with E-state index in [9.17, 15) is 4.79 Å². The Kier molecular flexibility index (Phi) is 1.83. The van der Waals surface area contributed by atoms with Gasteiger partial charge in [-0.3, -0.25) is 0 Å². The first-order chi connectivity index (χ1) is 4.33. The molecule has 1 aliphatic rings. The van der Waals surface area contributed by atoms with Gasteiger partial charge in [-0.05, 0) is 0 Å². The van der Waals surface area contributed by atoms with Crippen LogP contribution in [0.5, 0.6) is 0 Å². The molecule has 3 heteroatoms. The largest absolute Gasteiger partial charge is 0.378 e. The molecule has 1 aliphatic heterocycles. The van der Waals surface area contributed by atoms with Crippen LogP contribution >= 0.6 is 0 Å². The highest BCUT2D eigenvalue weighted by atomic mass is 16.6. The molecule has 0 aromatic heterocycles. The van der Waals surface area contributed by atoms with E-state index in [0.29, 0.717) is 19.6 Å². The molecule has 0 spiro atoms. The van der Waals surface area contributed by atoms with E-state index in [1.807, 2.05) is 0 Å². The average Bonchev–Trinajstić information content (AvgIpc) is 2.36. The summed E-state index contributed by atoms with van der Waals surface area (Å²) in [6, 6.07) is 0. The van der Waals surface area contributed by atoms with Gasteiger partial charge in [-0.1, -0.05) is 0 Å². The predicted octanol–water partition coefficient (Wildman–Crippen LogP) is -0.00920. The van der Waals surface area contributed by atoms with Gasteiger partial charge in [0.2, 0.25) is 0 Å². The number of hydrogen-bond acceptors (Lipinski definition) is 3. The van der Waals surface area contributed by atoms with Crippen molar-refractivity contribution in [2.45, 2.75) is 12.0 Å². The van der Waals surface area contributed by atoms with E-state index in [4.69, 9.17) is 9.47 Å². The van der Waals surface area contributed by atoms with Crippen molar-refractivity contribution in [3.05, 3.63) is 0 Å². The molecule has 52 valence electrons. The molecule has 1 fully saturated rings. The molecule has 0 amide bonds. The molecule has 1 saturated heterocycles. The van der Waals surface area contributed by atoms with Crippen LogP contribution in [-0.4, -0.2) is 32.2 Å². The fourth-order valence-electron chi connectivity index (χ4n) is 0.864. The number of carbonyl (C=O) groups excluding carboxylic acids is 1. The lowest BCUT2D eigenvalue weighted by molar-refractivity contribution is -0.127. The minimum absolute atomic E-state index is 0.410. The monoisotopic (exact) mass is 130 g/mol. The second kappa shape index (κ2) is 2.45. The Balaban J connectivity index is 2.55. The maximum atomic E-state index is 10.4. The fourth-order valence-corrected chi connectivity index (χ4v) is 0.864. The van der Waals surface area contributed by atoms with Gasteiger partial charge in [0.1, 0.15) is 5.60 Å². The molecule has 9 heavy (non-hydrogen) atoms. The lowest BCUT2D eigenvalue weighted by Gasteiger charge is -2.16. The van der Waals surface area contributed by atoms with Crippen molar-refractivity contribution in [2.24, 2.45) is 0 Å². The summed E-state index contributed by atoms with van der Waals surface area (Å²) in [5.74, 6) is 0. The second-order valence-corrected chi connectivity index (χ2v) is 2.19. The zero-order valence-corrected chi connectivity index (χ0v) is 5.42. The molecular formula is C6H10O3. The first-order valence-corrected chi connectivity index (χ1v) is 2.92. The van der Waals surface area contributed by atoms with Crippen molar-refractivity contribution in [1.29, 1.82) is 0 Å². The molecule has 0 aliphatic carbocycles.